The third-order valence-electron chi connectivity index (χ3n) is 5.07. The number of benzene rings is 1. The second-order valence-electron chi connectivity index (χ2n) is 8.48. The highest BCUT2D eigenvalue weighted by molar-refractivity contribution is 5.68. The van der Waals surface area contributed by atoms with Crippen LogP contribution in [0.4, 0.5) is 4.79 Å². The van der Waals surface area contributed by atoms with Crippen LogP contribution in [0.2, 0.25) is 0 Å². The second-order valence-corrected chi connectivity index (χ2v) is 8.48. The van der Waals surface area contributed by atoms with E-state index < -0.39 is 5.60 Å². The van der Waals surface area contributed by atoms with Gasteiger partial charge in [-0.1, -0.05) is 43.0 Å². The van der Waals surface area contributed by atoms with Crippen LogP contribution in [0.25, 0.3) is 6.08 Å². The van der Waals surface area contributed by atoms with E-state index in [2.05, 4.69) is 6.58 Å². The molecule has 1 fully saturated rings. The van der Waals surface area contributed by atoms with E-state index in [1.54, 1.807) is 21.7 Å². The molecule has 1 saturated heterocycles. The van der Waals surface area contributed by atoms with E-state index in [9.17, 15) is 9.59 Å². The molecule has 0 N–H and O–H groups in total. The Morgan fingerprint density at radius 2 is 1.83 bits per heavy atom. The number of hydrogen-bond acceptors (Lipinski definition) is 4. The number of aromatic nitrogens is 1. The first-order valence-corrected chi connectivity index (χ1v) is 10.3. The number of rotatable bonds is 5. The summed E-state index contributed by atoms with van der Waals surface area (Å²) in [7, 11) is 0. The highest BCUT2D eigenvalue weighted by Crippen LogP contribution is 2.25. The molecular weight excluding hydrogens is 380 g/mol. The summed E-state index contributed by atoms with van der Waals surface area (Å²) in [6, 6.07) is 11.7. The molecule has 0 spiro atoms. The van der Waals surface area contributed by atoms with Crippen LogP contribution in [-0.4, -0.2) is 34.3 Å². The van der Waals surface area contributed by atoms with Gasteiger partial charge >= 0.3 is 6.09 Å². The van der Waals surface area contributed by atoms with E-state index in [-0.39, 0.29) is 17.7 Å². The molecule has 3 rings (SSSR count). The number of carbonyl (C=O) groups is 1. The van der Waals surface area contributed by atoms with Gasteiger partial charge in [0.15, 0.2) is 0 Å². The molecule has 0 unspecified atom stereocenters. The summed E-state index contributed by atoms with van der Waals surface area (Å²) < 4.78 is 13.1. The Hall–Kier alpha value is -3.02. The highest BCUT2D eigenvalue weighted by atomic mass is 16.6. The molecule has 2 aromatic rings. The highest BCUT2D eigenvalue weighted by Gasteiger charge is 2.28. The minimum Gasteiger partial charge on any atom is -0.488 e. The van der Waals surface area contributed by atoms with Crippen molar-refractivity contribution >= 4 is 12.2 Å². The van der Waals surface area contributed by atoms with Crippen LogP contribution < -0.4 is 10.3 Å². The lowest BCUT2D eigenvalue weighted by Crippen LogP contribution is -2.43. The van der Waals surface area contributed by atoms with Crippen molar-refractivity contribution in [1.29, 1.82) is 0 Å². The summed E-state index contributed by atoms with van der Waals surface area (Å²) in [5.41, 5.74) is 0.861. The fourth-order valence-electron chi connectivity index (χ4n) is 3.54. The van der Waals surface area contributed by atoms with Crippen LogP contribution in [-0.2, 0) is 11.3 Å². The molecule has 1 aliphatic heterocycles. The van der Waals surface area contributed by atoms with Gasteiger partial charge in [0.2, 0.25) is 0 Å². The average molecular weight is 411 g/mol. The molecule has 30 heavy (non-hydrogen) atoms. The van der Waals surface area contributed by atoms with Crippen LogP contribution in [0.15, 0.2) is 54.0 Å². The zero-order valence-electron chi connectivity index (χ0n) is 18.0. The monoisotopic (exact) mass is 410 g/mol. The fourth-order valence-corrected chi connectivity index (χ4v) is 3.54. The van der Waals surface area contributed by atoms with Gasteiger partial charge in [-0.15, -0.1) is 0 Å². The summed E-state index contributed by atoms with van der Waals surface area (Å²) in [5, 5.41) is 0. The molecule has 1 amide bonds. The Balaban J connectivity index is 1.68. The minimum absolute atomic E-state index is 0.0260. The molecule has 160 valence electrons. The summed E-state index contributed by atoms with van der Waals surface area (Å²) >= 11 is 0. The van der Waals surface area contributed by atoms with Crippen LogP contribution in [0.3, 0.4) is 0 Å². The zero-order chi connectivity index (χ0) is 21.7. The molecule has 0 aliphatic carbocycles. The molecule has 0 saturated carbocycles. The zero-order valence-corrected chi connectivity index (χ0v) is 18.0. The van der Waals surface area contributed by atoms with Gasteiger partial charge in [0.05, 0.1) is 5.56 Å². The van der Waals surface area contributed by atoms with Gasteiger partial charge in [-0.05, 0) is 45.2 Å². The molecule has 2 heterocycles. The maximum Gasteiger partial charge on any atom is 0.410 e. The molecular formula is C24H30N2O4. The number of carbonyl (C=O) groups excluding carboxylic acids is 1. The SMILES string of the molecule is C=Cc1c(OCc2ccccc2)ccn(C2CCN(C(=O)OC(C)(C)C)CC2)c1=O. The molecule has 1 aromatic heterocycles. The smallest absolute Gasteiger partial charge is 0.410 e. The molecule has 1 aliphatic rings. The number of ether oxygens (including phenoxy) is 2. The van der Waals surface area contributed by atoms with E-state index in [0.717, 1.165) is 5.56 Å². The Morgan fingerprint density at radius 3 is 2.43 bits per heavy atom. The van der Waals surface area contributed by atoms with Crippen LogP contribution in [0.5, 0.6) is 5.75 Å². The first kappa shape index (κ1) is 21.7. The van der Waals surface area contributed by atoms with Crippen LogP contribution in [0, 0.1) is 0 Å². The number of hydrogen-bond donors (Lipinski definition) is 0. The third kappa shape index (κ3) is 5.32. The molecule has 0 atom stereocenters. The fraction of sp³-hybridized carbons (Fsp3) is 0.417. The number of amides is 1. The van der Waals surface area contributed by atoms with Gasteiger partial charge in [-0.2, -0.15) is 0 Å². The van der Waals surface area contributed by atoms with E-state index in [1.807, 2.05) is 57.2 Å². The molecule has 0 bridgehead atoms. The minimum atomic E-state index is -0.515. The van der Waals surface area contributed by atoms with Gasteiger partial charge in [0.25, 0.3) is 5.56 Å². The van der Waals surface area contributed by atoms with Crippen molar-refractivity contribution in [1.82, 2.24) is 9.47 Å². The predicted octanol–water partition coefficient (Wildman–Crippen LogP) is 4.64. The second kappa shape index (κ2) is 9.20. The standard InChI is InChI=1S/C24H30N2O4/c1-5-20-21(29-17-18-9-7-6-8-10-18)13-16-26(22(20)27)19-11-14-25(15-12-19)23(28)30-24(2,3)4/h5-10,13,16,19H,1,11-12,14-15,17H2,2-4H3. The number of piperidine rings is 1. The van der Waals surface area contributed by atoms with Gasteiger partial charge in [0, 0.05) is 25.3 Å². The third-order valence-corrected chi connectivity index (χ3v) is 5.07. The van der Waals surface area contributed by atoms with E-state index in [4.69, 9.17) is 9.47 Å². The Labute approximate surface area is 177 Å². The van der Waals surface area contributed by atoms with Crippen molar-refractivity contribution in [3.05, 3.63) is 70.7 Å². The predicted molar refractivity (Wildman–Crippen MR) is 118 cm³/mol. The van der Waals surface area contributed by atoms with Gasteiger partial charge in [-0.3, -0.25) is 4.79 Å². The Kier molecular flexibility index (Phi) is 6.65. The van der Waals surface area contributed by atoms with E-state index >= 15 is 0 Å². The number of nitrogens with zero attached hydrogens (tertiary/aromatic N) is 2. The molecule has 1 aromatic carbocycles. The first-order valence-electron chi connectivity index (χ1n) is 10.3. The largest absolute Gasteiger partial charge is 0.488 e. The van der Waals surface area contributed by atoms with Gasteiger partial charge < -0.3 is 18.9 Å². The Morgan fingerprint density at radius 1 is 1.17 bits per heavy atom. The maximum atomic E-state index is 13.0. The van der Waals surface area contributed by atoms with Crippen molar-refractivity contribution in [2.75, 3.05) is 13.1 Å². The lowest BCUT2D eigenvalue weighted by molar-refractivity contribution is 0.0187. The lowest BCUT2D eigenvalue weighted by Gasteiger charge is -2.34. The number of likely N-dealkylation sites (tertiary alicyclic amines) is 1. The lowest BCUT2D eigenvalue weighted by atomic mass is 10.0. The van der Waals surface area contributed by atoms with Crippen LogP contribution in [0.1, 0.15) is 50.8 Å². The number of pyridine rings is 1. The summed E-state index contributed by atoms with van der Waals surface area (Å²) in [5.74, 6) is 0.529. The van der Waals surface area contributed by atoms with Crippen molar-refractivity contribution in [2.45, 2.75) is 51.9 Å². The summed E-state index contributed by atoms with van der Waals surface area (Å²) in [6.07, 6.45) is 4.42. The van der Waals surface area contributed by atoms with Crippen molar-refractivity contribution in [3.63, 3.8) is 0 Å². The quantitative estimate of drug-likeness (QED) is 0.720. The first-order chi connectivity index (χ1) is 14.3. The van der Waals surface area contributed by atoms with Gasteiger partial charge in [0.1, 0.15) is 18.0 Å². The van der Waals surface area contributed by atoms with Gasteiger partial charge in [-0.25, -0.2) is 4.79 Å². The van der Waals surface area contributed by atoms with E-state index in [1.165, 1.54) is 0 Å². The normalized spacial score (nSPS) is 15.0. The van der Waals surface area contributed by atoms with Crippen LogP contribution >= 0.6 is 0 Å². The summed E-state index contributed by atoms with van der Waals surface area (Å²) in [6.45, 7) is 10.9. The van der Waals surface area contributed by atoms with Crippen molar-refractivity contribution in [2.24, 2.45) is 0 Å². The van der Waals surface area contributed by atoms with E-state index in [0.29, 0.717) is 43.9 Å². The topological polar surface area (TPSA) is 60.8 Å². The molecule has 0 radical (unpaired) electrons. The Bertz CT molecular complexity index is 936. The van der Waals surface area contributed by atoms with Crippen molar-refractivity contribution < 1.29 is 14.3 Å². The van der Waals surface area contributed by atoms with Crippen molar-refractivity contribution in [3.8, 4) is 5.75 Å². The molecule has 6 nitrogen and oxygen atoms in total. The average Bonchev–Trinajstić information content (AvgIpc) is 2.72. The summed E-state index contributed by atoms with van der Waals surface area (Å²) in [4.78, 5) is 27.0. The maximum absolute atomic E-state index is 13.0. The molecule has 6 heteroatoms.